The first-order valence-electron chi connectivity index (χ1n) is 5.87. The summed E-state index contributed by atoms with van der Waals surface area (Å²) in [6.07, 6.45) is 9.60. The van der Waals surface area contributed by atoms with Crippen molar-refractivity contribution in [1.82, 2.24) is 5.32 Å². The van der Waals surface area contributed by atoms with Crippen molar-refractivity contribution >= 4 is 11.8 Å². The van der Waals surface area contributed by atoms with E-state index < -0.39 is 0 Å². The fraction of sp³-hybridized carbons (Fsp3) is 0.917. The molecule has 0 aliphatic heterocycles. The van der Waals surface area contributed by atoms with Crippen molar-refractivity contribution in [1.29, 1.82) is 5.26 Å². The van der Waals surface area contributed by atoms with Gasteiger partial charge in [0.15, 0.2) is 0 Å². The average Bonchev–Trinajstić information content (AvgIpc) is 2.91. The molecule has 2 aliphatic carbocycles. The van der Waals surface area contributed by atoms with Gasteiger partial charge in [0, 0.05) is 24.3 Å². The largest absolute Gasteiger partial charge is 0.315 e. The van der Waals surface area contributed by atoms with E-state index in [-0.39, 0.29) is 0 Å². The van der Waals surface area contributed by atoms with Crippen LogP contribution < -0.4 is 5.32 Å². The first kappa shape index (κ1) is 11.3. The molecular formula is C12H20N2S. The Morgan fingerprint density at radius 1 is 1.27 bits per heavy atom. The summed E-state index contributed by atoms with van der Waals surface area (Å²) in [6, 6.07) is 2.31. The van der Waals surface area contributed by atoms with E-state index in [2.05, 4.69) is 17.6 Å². The molecule has 2 nitrogen and oxygen atoms in total. The van der Waals surface area contributed by atoms with Crippen molar-refractivity contribution in [2.75, 3.05) is 19.3 Å². The smallest absolute Gasteiger partial charge is 0.0628 e. The summed E-state index contributed by atoms with van der Waals surface area (Å²) in [5.41, 5.74) is 0.359. The molecule has 0 unspecified atom stereocenters. The number of nitriles is 1. The first-order valence-corrected chi connectivity index (χ1v) is 7.10. The van der Waals surface area contributed by atoms with Crippen LogP contribution in [0.3, 0.4) is 0 Å². The van der Waals surface area contributed by atoms with Crippen LogP contribution in [0, 0.1) is 16.7 Å². The second kappa shape index (κ2) is 4.35. The third-order valence-electron chi connectivity index (χ3n) is 4.06. The van der Waals surface area contributed by atoms with Gasteiger partial charge in [0.1, 0.15) is 0 Å². The van der Waals surface area contributed by atoms with Crippen LogP contribution in [0.2, 0.25) is 0 Å². The maximum Gasteiger partial charge on any atom is 0.0628 e. The molecule has 3 heteroatoms. The number of thioether (sulfide) groups is 1. The zero-order valence-electron chi connectivity index (χ0n) is 9.51. The SMILES string of the molecule is CSC1(CNCC2(CC#N)CC2)CCC1. The molecule has 0 aromatic heterocycles. The summed E-state index contributed by atoms with van der Waals surface area (Å²) in [5.74, 6) is 0. The van der Waals surface area contributed by atoms with Crippen molar-refractivity contribution in [3.63, 3.8) is 0 Å². The van der Waals surface area contributed by atoms with Crippen molar-refractivity contribution in [2.24, 2.45) is 5.41 Å². The fourth-order valence-corrected chi connectivity index (χ4v) is 3.28. The van der Waals surface area contributed by atoms with Crippen LogP contribution in [0.25, 0.3) is 0 Å². The van der Waals surface area contributed by atoms with Gasteiger partial charge in [-0.3, -0.25) is 0 Å². The molecule has 0 bridgehead atoms. The molecule has 2 saturated carbocycles. The Hall–Kier alpha value is -0.200. The standard InChI is InChI=1S/C12H20N2S/c1-15-12(3-2-4-12)10-14-9-11(5-6-11)7-8-13/h14H,2-7,9-10H2,1H3. The van der Waals surface area contributed by atoms with Crippen molar-refractivity contribution in [3.8, 4) is 6.07 Å². The highest BCUT2D eigenvalue weighted by atomic mass is 32.2. The number of hydrogen-bond donors (Lipinski definition) is 1. The lowest BCUT2D eigenvalue weighted by Gasteiger charge is -2.41. The van der Waals surface area contributed by atoms with Gasteiger partial charge >= 0.3 is 0 Å². The lowest BCUT2D eigenvalue weighted by atomic mass is 9.84. The minimum absolute atomic E-state index is 0.359. The van der Waals surface area contributed by atoms with Crippen LogP contribution in [0.5, 0.6) is 0 Å². The zero-order chi connectivity index (χ0) is 10.8. The minimum atomic E-state index is 0.359. The quantitative estimate of drug-likeness (QED) is 0.753. The van der Waals surface area contributed by atoms with E-state index in [0.29, 0.717) is 10.2 Å². The summed E-state index contributed by atoms with van der Waals surface area (Å²) in [4.78, 5) is 0. The Morgan fingerprint density at radius 3 is 2.40 bits per heavy atom. The van der Waals surface area contributed by atoms with Crippen molar-refractivity contribution < 1.29 is 0 Å². The molecule has 0 spiro atoms. The van der Waals surface area contributed by atoms with Crippen LogP contribution in [-0.2, 0) is 0 Å². The molecule has 15 heavy (non-hydrogen) atoms. The average molecular weight is 224 g/mol. The monoisotopic (exact) mass is 224 g/mol. The third kappa shape index (κ3) is 2.49. The van der Waals surface area contributed by atoms with Gasteiger partial charge in [0.25, 0.3) is 0 Å². The second-order valence-electron chi connectivity index (χ2n) is 5.18. The number of hydrogen-bond acceptors (Lipinski definition) is 3. The molecule has 84 valence electrons. The van der Waals surface area contributed by atoms with Gasteiger partial charge in [-0.25, -0.2) is 0 Å². The predicted molar refractivity (Wildman–Crippen MR) is 64.9 cm³/mol. The van der Waals surface area contributed by atoms with Gasteiger partial charge < -0.3 is 5.32 Å². The van der Waals surface area contributed by atoms with Crippen LogP contribution in [0.4, 0.5) is 0 Å². The molecule has 2 fully saturated rings. The van der Waals surface area contributed by atoms with Crippen LogP contribution in [-0.4, -0.2) is 24.1 Å². The lowest BCUT2D eigenvalue weighted by molar-refractivity contribution is 0.331. The molecule has 0 aromatic rings. The Morgan fingerprint density at radius 2 is 2.00 bits per heavy atom. The van der Waals surface area contributed by atoms with Gasteiger partial charge in [-0.15, -0.1) is 0 Å². The molecule has 0 saturated heterocycles. The fourth-order valence-electron chi connectivity index (χ4n) is 2.34. The van der Waals surface area contributed by atoms with Gasteiger partial charge in [0.05, 0.1) is 6.07 Å². The molecular weight excluding hydrogens is 204 g/mol. The summed E-state index contributed by atoms with van der Waals surface area (Å²) < 4.78 is 0.530. The lowest BCUT2D eigenvalue weighted by Crippen LogP contribution is -2.44. The summed E-state index contributed by atoms with van der Waals surface area (Å²) in [7, 11) is 0. The third-order valence-corrected chi connectivity index (χ3v) is 5.47. The van der Waals surface area contributed by atoms with Gasteiger partial charge in [-0.1, -0.05) is 6.42 Å². The van der Waals surface area contributed by atoms with E-state index >= 15 is 0 Å². The molecule has 0 aromatic carbocycles. The Kier molecular flexibility index (Phi) is 3.27. The Bertz CT molecular complexity index is 256. The summed E-state index contributed by atoms with van der Waals surface area (Å²) in [5, 5.41) is 12.3. The van der Waals surface area contributed by atoms with E-state index in [0.717, 1.165) is 19.5 Å². The van der Waals surface area contributed by atoms with Crippen LogP contribution in [0.1, 0.15) is 38.5 Å². The highest BCUT2D eigenvalue weighted by molar-refractivity contribution is 8.00. The molecule has 0 atom stereocenters. The minimum Gasteiger partial charge on any atom is -0.315 e. The maximum absolute atomic E-state index is 8.72. The molecule has 2 aliphatic rings. The first-order chi connectivity index (χ1) is 7.24. The number of nitrogens with zero attached hydrogens (tertiary/aromatic N) is 1. The van der Waals surface area contributed by atoms with E-state index in [1.807, 2.05) is 11.8 Å². The Labute approximate surface area is 96.8 Å². The summed E-state index contributed by atoms with van der Waals surface area (Å²) in [6.45, 7) is 2.20. The van der Waals surface area contributed by atoms with Gasteiger partial charge in [-0.2, -0.15) is 17.0 Å². The topological polar surface area (TPSA) is 35.8 Å². The summed E-state index contributed by atoms with van der Waals surface area (Å²) >= 11 is 2.02. The van der Waals surface area contributed by atoms with Gasteiger partial charge in [0.2, 0.25) is 0 Å². The van der Waals surface area contributed by atoms with E-state index in [9.17, 15) is 0 Å². The molecule has 0 radical (unpaired) electrons. The highest BCUT2D eigenvalue weighted by Crippen LogP contribution is 2.48. The molecule has 0 amide bonds. The predicted octanol–water partition coefficient (Wildman–Crippen LogP) is 2.56. The number of rotatable bonds is 6. The van der Waals surface area contributed by atoms with Crippen molar-refractivity contribution in [2.45, 2.75) is 43.3 Å². The zero-order valence-corrected chi connectivity index (χ0v) is 10.3. The highest BCUT2D eigenvalue weighted by Gasteiger charge is 2.43. The normalized spacial score (nSPS) is 25.3. The second-order valence-corrected chi connectivity index (χ2v) is 6.45. The van der Waals surface area contributed by atoms with E-state index in [1.165, 1.54) is 32.1 Å². The maximum atomic E-state index is 8.72. The molecule has 1 N–H and O–H groups in total. The van der Waals surface area contributed by atoms with Gasteiger partial charge in [-0.05, 0) is 37.4 Å². The Balaban J connectivity index is 1.69. The number of nitrogens with one attached hydrogen (secondary N) is 1. The molecule has 2 rings (SSSR count). The van der Waals surface area contributed by atoms with Crippen LogP contribution in [0.15, 0.2) is 0 Å². The van der Waals surface area contributed by atoms with Crippen molar-refractivity contribution in [3.05, 3.63) is 0 Å². The van der Waals surface area contributed by atoms with E-state index in [4.69, 9.17) is 5.26 Å². The van der Waals surface area contributed by atoms with E-state index in [1.54, 1.807) is 0 Å². The molecule has 0 heterocycles. The van der Waals surface area contributed by atoms with Crippen LogP contribution >= 0.6 is 11.8 Å².